The van der Waals surface area contributed by atoms with E-state index >= 15 is 0 Å². The summed E-state index contributed by atoms with van der Waals surface area (Å²) >= 11 is 0. The molecule has 0 aliphatic carbocycles. The van der Waals surface area contributed by atoms with Gasteiger partial charge in [0.05, 0.1) is 6.61 Å². The number of nitrogens with one attached hydrogen (secondary N) is 1. The van der Waals surface area contributed by atoms with Crippen molar-refractivity contribution in [1.29, 1.82) is 0 Å². The van der Waals surface area contributed by atoms with Crippen LogP contribution < -0.4 is 9.46 Å². The van der Waals surface area contributed by atoms with Crippen LogP contribution in [0.2, 0.25) is 0 Å². The Bertz CT molecular complexity index is 832. The number of amides is 1. The number of nitrogens with zero attached hydrogens (tertiary/aromatic N) is 1. The molecule has 2 rings (SSSR count). The van der Waals surface area contributed by atoms with Crippen LogP contribution in [0.1, 0.15) is 23.9 Å². The van der Waals surface area contributed by atoms with Gasteiger partial charge in [0.1, 0.15) is 11.4 Å². The second-order valence-corrected chi connectivity index (χ2v) is 6.58. The second-order valence-electron chi connectivity index (χ2n) is 4.96. The Morgan fingerprint density at radius 2 is 1.96 bits per heavy atom. The molecule has 0 bridgehead atoms. The fourth-order valence-corrected chi connectivity index (χ4v) is 3.37. The number of sulfonamides is 1. The highest BCUT2D eigenvalue weighted by molar-refractivity contribution is 7.90. The number of carbonyl (C=O) groups excluding carboxylic acids is 1. The normalized spacial score (nSPS) is 11.6. The van der Waals surface area contributed by atoms with Gasteiger partial charge in [-0.3, -0.25) is 4.79 Å². The number of carbonyl (C=O) groups is 1. The fraction of sp³-hybridized carbons (Fsp3) is 0.250. The fourth-order valence-electron chi connectivity index (χ4n) is 2.09. The Labute approximate surface area is 140 Å². The number of ether oxygens (including phenoxy) is 1. The van der Waals surface area contributed by atoms with Gasteiger partial charge < -0.3 is 9.26 Å². The topological polar surface area (TPSA) is 98.5 Å². The number of hydrogen-bond donors (Lipinski definition) is 1. The number of aromatic nitrogens is 1. The SMILES string of the molecule is CCOc1ccc(C=CC(=O)NS(=O)(=O)c2c(C)noc2C)cc1. The number of benzene rings is 1. The third kappa shape index (κ3) is 4.23. The molecule has 7 nitrogen and oxygen atoms in total. The van der Waals surface area contributed by atoms with Gasteiger partial charge in [-0.05, 0) is 44.5 Å². The van der Waals surface area contributed by atoms with E-state index in [2.05, 4.69) is 5.16 Å². The van der Waals surface area contributed by atoms with Gasteiger partial charge in [0.25, 0.3) is 15.9 Å². The van der Waals surface area contributed by atoms with Crippen LogP contribution in [0.3, 0.4) is 0 Å². The molecule has 24 heavy (non-hydrogen) atoms. The summed E-state index contributed by atoms with van der Waals surface area (Å²) in [6, 6.07) is 7.05. The van der Waals surface area contributed by atoms with Crippen molar-refractivity contribution in [2.75, 3.05) is 6.61 Å². The molecule has 8 heteroatoms. The molecule has 0 aliphatic heterocycles. The lowest BCUT2D eigenvalue weighted by molar-refractivity contribution is -0.114. The molecule has 0 saturated heterocycles. The van der Waals surface area contributed by atoms with Gasteiger partial charge in [0.15, 0.2) is 10.7 Å². The molecule has 2 aromatic rings. The summed E-state index contributed by atoms with van der Waals surface area (Å²) in [4.78, 5) is 11.7. The van der Waals surface area contributed by atoms with Crippen LogP contribution in [0.4, 0.5) is 0 Å². The maximum absolute atomic E-state index is 12.2. The van der Waals surface area contributed by atoms with Gasteiger partial charge >= 0.3 is 0 Å². The van der Waals surface area contributed by atoms with Crippen LogP contribution in [0, 0.1) is 13.8 Å². The Kier molecular flexibility index (Phi) is 5.40. The standard InChI is InChI=1S/C16H18N2O5S/c1-4-22-14-8-5-13(6-9-14)7-10-15(19)18-24(20,21)16-11(2)17-23-12(16)3/h5-10H,4H2,1-3H3,(H,18,19). The maximum Gasteiger partial charge on any atom is 0.269 e. The second kappa shape index (κ2) is 7.31. The highest BCUT2D eigenvalue weighted by atomic mass is 32.2. The van der Waals surface area contributed by atoms with Crippen molar-refractivity contribution in [3.05, 3.63) is 47.4 Å². The van der Waals surface area contributed by atoms with Gasteiger partial charge in [-0.2, -0.15) is 0 Å². The zero-order valence-corrected chi connectivity index (χ0v) is 14.4. The minimum absolute atomic E-state index is 0.120. The van der Waals surface area contributed by atoms with Crippen LogP contribution in [0.15, 0.2) is 39.8 Å². The van der Waals surface area contributed by atoms with Crippen molar-refractivity contribution in [2.45, 2.75) is 25.7 Å². The quantitative estimate of drug-likeness (QED) is 0.802. The summed E-state index contributed by atoms with van der Waals surface area (Å²) in [5.74, 6) is 0.0901. The molecule has 1 aromatic heterocycles. The lowest BCUT2D eigenvalue weighted by Gasteiger charge is -2.04. The lowest BCUT2D eigenvalue weighted by atomic mass is 10.2. The molecular weight excluding hydrogens is 332 g/mol. The zero-order chi connectivity index (χ0) is 17.7. The summed E-state index contributed by atoms with van der Waals surface area (Å²) in [5.41, 5.74) is 0.937. The Balaban J connectivity index is 2.07. The molecule has 1 amide bonds. The van der Waals surface area contributed by atoms with Crippen LogP contribution >= 0.6 is 0 Å². The molecule has 0 radical (unpaired) electrons. The number of rotatable bonds is 6. The Hall–Kier alpha value is -2.61. The molecule has 128 valence electrons. The summed E-state index contributed by atoms with van der Waals surface area (Å²) in [6.07, 6.45) is 2.65. The largest absolute Gasteiger partial charge is 0.494 e. The molecular formula is C16H18N2O5S. The van der Waals surface area contributed by atoms with Crippen molar-refractivity contribution in [3.63, 3.8) is 0 Å². The molecule has 1 heterocycles. The highest BCUT2D eigenvalue weighted by Gasteiger charge is 2.25. The molecule has 1 aromatic carbocycles. The lowest BCUT2D eigenvalue weighted by Crippen LogP contribution is -2.29. The average molecular weight is 350 g/mol. The molecule has 0 atom stereocenters. The number of hydrogen-bond acceptors (Lipinski definition) is 6. The van der Waals surface area contributed by atoms with E-state index in [9.17, 15) is 13.2 Å². The minimum atomic E-state index is -4.02. The van der Waals surface area contributed by atoms with E-state index in [0.717, 1.165) is 17.4 Å². The maximum atomic E-state index is 12.2. The van der Waals surface area contributed by atoms with Gasteiger partial charge in [-0.1, -0.05) is 17.3 Å². The van der Waals surface area contributed by atoms with Crippen molar-refractivity contribution in [1.82, 2.24) is 9.88 Å². The number of aryl methyl sites for hydroxylation is 2. The van der Waals surface area contributed by atoms with Crippen molar-refractivity contribution < 1.29 is 22.5 Å². The summed E-state index contributed by atoms with van der Waals surface area (Å²) in [6.45, 7) is 5.41. The van der Waals surface area contributed by atoms with E-state index in [4.69, 9.17) is 9.26 Å². The van der Waals surface area contributed by atoms with Crippen molar-refractivity contribution in [3.8, 4) is 5.75 Å². The highest BCUT2D eigenvalue weighted by Crippen LogP contribution is 2.18. The molecule has 0 aliphatic rings. The third-order valence-electron chi connectivity index (χ3n) is 3.09. The van der Waals surface area contributed by atoms with Gasteiger partial charge in [0, 0.05) is 6.08 Å². The molecule has 0 spiro atoms. The first-order chi connectivity index (χ1) is 11.3. The Morgan fingerprint density at radius 3 is 2.50 bits per heavy atom. The molecule has 1 N–H and O–H groups in total. The van der Waals surface area contributed by atoms with Crippen LogP contribution in [0.5, 0.6) is 5.75 Å². The van der Waals surface area contributed by atoms with Crippen molar-refractivity contribution >= 4 is 22.0 Å². The van der Waals surface area contributed by atoms with Crippen molar-refractivity contribution in [2.24, 2.45) is 0 Å². The third-order valence-corrected chi connectivity index (χ3v) is 4.68. The van der Waals surface area contributed by atoms with E-state index in [1.54, 1.807) is 24.3 Å². The van der Waals surface area contributed by atoms with Crippen LogP contribution in [-0.4, -0.2) is 26.1 Å². The minimum Gasteiger partial charge on any atom is -0.494 e. The molecule has 0 fully saturated rings. The van der Waals surface area contributed by atoms with Crippen LogP contribution in [-0.2, 0) is 14.8 Å². The first-order valence-corrected chi connectivity index (χ1v) is 8.72. The van der Waals surface area contributed by atoms with Crippen LogP contribution in [0.25, 0.3) is 6.08 Å². The molecule has 0 saturated carbocycles. The van der Waals surface area contributed by atoms with Gasteiger partial charge in [-0.25, -0.2) is 13.1 Å². The van der Waals surface area contributed by atoms with Gasteiger partial charge in [-0.15, -0.1) is 0 Å². The van der Waals surface area contributed by atoms with Gasteiger partial charge in [0.2, 0.25) is 0 Å². The predicted octanol–water partition coefficient (Wildman–Crippen LogP) is 2.21. The molecule has 0 unspecified atom stereocenters. The van der Waals surface area contributed by atoms with E-state index in [1.165, 1.54) is 19.9 Å². The van der Waals surface area contributed by atoms with E-state index in [-0.39, 0.29) is 16.3 Å². The first kappa shape index (κ1) is 17.7. The predicted molar refractivity (Wildman–Crippen MR) is 88.0 cm³/mol. The average Bonchev–Trinajstić information content (AvgIpc) is 2.86. The van der Waals surface area contributed by atoms with E-state index < -0.39 is 15.9 Å². The summed E-state index contributed by atoms with van der Waals surface area (Å²) in [5, 5.41) is 3.57. The zero-order valence-electron chi connectivity index (χ0n) is 13.6. The first-order valence-electron chi connectivity index (χ1n) is 7.24. The Morgan fingerprint density at radius 1 is 1.29 bits per heavy atom. The van der Waals surface area contributed by atoms with E-state index in [0.29, 0.717) is 6.61 Å². The summed E-state index contributed by atoms with van der Waals surface area (Å²) in [7, 11) is -4.02. The van der Waals surface area contributed by atoms with E-state index in [1.807, 2.05) is 11.6 Å². The summed E-state index contributed by atoms with van der Waals surface area (Å²) < 4.78 is 36.5. The monoisotopic (exact) mass is 350 g/mol. The smallest absolute Gasteiger partial charge is 0.269 e.